The number of amides is 1. The lowest BCUT2D eigenvalue weighted by Gasteiger charge is -2.24. The zero-order valence-electron chi connectivity index (χ0n) is 11.2. The molecule has 0 radical (unpaired) electrons. The Morgan fingerprint density at radius 1 is 1.42 bits per heavy atom. The molecule has 1 heterocycles. The van der Waals surface area contributed by atoms with E-state index in [9.17, 15) is 4.79 Å². The van der Waals surface area contributed by atoms with Crippen molar-refractivity contribution in [2.24, 2.45) is 0 Å². The summed E-state index contributed by atoms with van der Waals surface area (Å²) in [6, 6.07) is 7.79. The molecule has 3 nitrogen and oxygen atoms in total. The summed E-state index contributed by atoms with van der Waals surface area (Å²) < 4.78 is 0. The summed E-state index contributed by atoms with van der Waals surface area (Å²) in [6.45, 7) is 3.57. The average Bonchev–Trinajstić information content (AvgIpc) is 2.73. The molecular formula is C14H19ClN2OS. The lowest BCUT2D eigenvalue weighted by molar-refractivity contribution is -0.130. The van der Waals surface area contributed by atoms with E-state index >= 15 is 0 Å². The highest BCUT2D eigenvalue weighted by Gasteiger charge is 2.40. The van der Waals surface area contributed by atoms with Gasteiger partial charge in [0.05, 0.1) is 5.25 Å². The predicted molar refractivity (Wildman–Crippen MR) is 81.5 cm³/mol. The topological polar surface area (TPSA) is 32.3 Å². The second-order valence-corrected chi connectivity index (χ2v) is 6.24. The summed E-state index contributed by atoms with van der Waals surface area (Å²) in [4.78, 5) is 14.3. The van der Waals surface area contributed by atoms with E-state index in [-0.39, 0.29) is 16.5 Å². The third-order valence-electron chi connectivity index (χ3n) is 3.28. The smallest absolute Gasteiger partial charge is 0.236 e. The molecule has 1 fully saturated rings. The predicted octanol–water partition coefficient (Wildman–Crippen LogP) is 2.91. The Kier molecular flexibility index (Phi) is 5.13. The van der Waals surface area contributed by atoms with E-state index < -0.39 is 0 Å². The number of halogens is 1. The number of nitrogens with zero attached hydrogens (tertiary/aromatic N) is 1. The number of likely N-dealkylation sites (N-methyl/N-ethyl adjacent to an activating group) is 1. The first kappa shape index (κ1) is 14.7. The first-order valence-electron chi connectivity index (χ1n) is 6.54. The van der Waals surface area contributed by atoms with E-state index in [0.29, 0.717) is 6.54 Å². The Bertz CT molecular complexity index is 455. The molecule has 1 amide bonds. The van der Waals surface area contributed by atoms with Gasteiger partial charge in [0.25, 0.3) is 0 Å². The maximum atomic E-state index is 12.4. The third-order valence-corrected chi connectivity index (χ3v) is 5.25. The fourth-order valence-corrected chi connectivity index (χ4v) is 4.00. The van der Waals surface area contributed by atoms with Gasteiger partial charge in [-0.15, -0.1) is 11.8 Å². The minimum Gasteiger partial charge on any atom is -0.324 e. The average molecular weight is 299 g/mol. The lowest BCUT2D eigenvalue weighted by Crippen LogP contribution is -2.35. The summed E-state index contributed by atoms with van der Waals surface area (Å²) in [5.41, 5.74) is 1.04. The van der Waals surface area contributed by atoms with Gasteiger partial charge in [-0.3, -0.25) is 4.79 Å². The van der Waals surface area contributed by atoms with E-state index in [2.05, 4.69) is 12.2 Å². The highest BCUT2D eigenvalue weighted by atomic mass is 35.5. The lowest BCUT2D eigenvalue weighted by atomic mass is 10.2. The number of hydrogen-bond donors (Lipinski definition) is 1. The number of nitrogens with one attached hydrogen (secondary N) is 1. The van der Waals surface area contributed by atoms with Gasteiger partial charge >= 0.3 is 0 Å². The van der Waals surface area contributed by atoms with Crippen LogP contribution in [0.4, 0.5) is 0 Å². The van der Waals surface area contributed by atoms with Gasteiger partial charge in [-0.2, -0.15) is 0 Å². The molecule has 19 heavy (non-hydrogen) atoms. The first-order valence-corrected chi connectivity index (χ1v) is 7.86. The van der Waals surface area contributed by atoms with Crippen LogP contribution in [0.25, 0.3) is 0 Å². The molecule has 1 aliphatic heterocycles. The van der Waals surface area contributed by atoms with Crippen molar-refractivity contribution in [1.82, 2.24) is 10.2 Å². The molecule has 0 spiro atoms. The Balaban J connectivity index is 2.26. The van der Waals surface area contributed by atoms with Crippen LogP contribution in [0.3, 0.4) is 0 Å². The summed E-state index contributed by atoms with van der Waals surface area (Å²) in [5, 5.41) is 3.93. The van der Waals surface area contributed by atoms with Crippen molar-refractivity contribution in [3.63, 3.8) is 0 Å². The Morgan fingerprint density at radius 2 is 2.16 bits per heavy atom. The molecule has 2 rings (SSSR count). The number of carbonyl (C=O) groups excluding carboxylic acids is 1. The first-order chi connectivity index (χ1) is 9.19. The molecule has 0 aromatic heterocycles. The van der Waals surface area contributed by atoms with Gasteiger partial charge < -0.3 is 10.2 Å². The van der Waals surface area contributed by atoms with Crippen molar-refractivity contribution < 1.29 is 4.79 Å². The van der Waals surface area contributed by atoms with Crippen LogP contribution in [0, 0.1) is 0 Å². The fraction of sp³-hybridized carbons (Fsp3) is 0.500. The van der Waals surface area contributed by atoms with Crippen LogP contribution in [0.5, 0.6) is 0 Å². The second-order valence-electron chi connectivity index (χ2n) is 4.54. The quantitative estimate of drug-likeness (QED) is 0.907. The van der Waals surface area contributed by atoms with Crippen LogP contribution >= 0.6 is 23.4 Å². The monoisotopic (exact) mass is 298 g/mol. The van der Waals surface area contributed by atoms with Crippen molar-refractivity contribution in [3.8, 4) is 0 Å². The number of thioether (sulfide) groups is 1. The summed E-state index contributed by atoms with van der Waals surface area (Å²) in [5.74, 6) is 0.229. The molecule has 1 N–H and O–H groups in total. The van der Waals surface area contributed by atoms with Crippen LogP contribution in [0.1, 0.15) is 24.3 Å². The van der Waals surface area contributed by atoms with Crippen molar-refractivity contribution in [2.75, 3.05) is 20.1 Å². The molecule has 1 saturated heterocycles. The maximum absolute atomic E-state index is 12.4. The second kappa shape index (κ2) is 6.64. The van der Waals surface area contributed by atoms with Gasteiger partial charge in [-0.05, 0) is 19.5 Å². The van der Waals surface area contributed by atoms with Crippen molar-refractivity contribution >= 4 is 29.3 Å². The largest absolute Gasteiger partial charge is 0.324 e. The minimum atomic E-state index is 0.0412. The number of carbonyl (C=O) groups is 1. The Hall–Kier alpha value is -0.710. The summed E-state index contributed by atoms with van der Waals surface area (Å²) in [7, 11) is 1.90. The van der Waals surface area contributed by atoms with E-state index in [0.717, 1.165) is 23.6 Å². The van der Waals surface area contributed by atoms with Gasteiger partial charge in [-0.1, -0.05) is 36.7 Å². The van der Waals surface area contributed by atoms with Crippen LogP contribution in [0.2, 0.25) is 5.02 Å². The van der Waals surface area contributed by atoms with Crippen molar-refractivity contribution in [1.29, 1.82) is 0 Å². The Morgan fingerprint density at radius 3 is 2.79 bits per heavy atom. The molecule has 0 aliphatic carbocycles. The van der Waals surface area contributed by atoms with E-state index in [4.69, 9.17) is 11.6 Å². The van der Waals surface area contributed by atoms with Crippen LogP contribution in [0.15, 0.2) is 24.3 Å². The van der Waals surface area contributed by atoms with Crippen LogP contribution < -0.4 is 5.32 Å². The number of benzene rings is 1. The zero-order valence-corrected chi connectivity index (χ0v) is 12.8. The fourth-order valence-electron chi connectivity index (χ4n) is 2.23. The normalized spacial score (nSPS) is 23.1. The third kappa shape index (κ3) is 3.07. The zero-order chi connectivity index (χ0) is 13.8. The van der Waals surface area contributed by atoms with Gasteiger partial charge in [0.2, 0.25) is 5.91 Å². The molecular weight excluding hydrogens is 280 g/mol. The molecule has 1 aliphatic rings. The van der Waals surface area contributed by atoms with Gasteiger partial charge in [0.15, 0.2) is 0 Å². The van der Waals surface area contributed by atoms with Crippen LogP contribution in [-0.4, -0.2) is 36.2 Å². The van der Waals surface area contributed by atoms with E-state index in [1.807, 2.05) is 36.2 Å². The van der Waals surface area contributed by atoms with Crippen molar-refractivity contribution in [2.45, 2.75) is 24.0 Å². The molecule has 104 valence electrons. The number of hydrogen-bond acceptors (Lipinski definition) is 3. The van der Waals surface area contributed by atoms with Gasteiger partial charge in [0, 0.05) is 23.7 Å². The van der Waals surface area contributed by atoms with Gasteiger partial charge in [-0.25, -0.2) is 0 Å². The maximum Gasteiger partial charge on any atom is 0.236 e. The molecule has 1 aromatic rings. The van der Waals surface area contributed by atoms with Crippen LogP contribution in [-0.2, 0) is 4.79 Å². The van der Waals surface area contributed by atoms with E-state index in [1.54, 1.807) is 11.8 Å². The molecule has 2 atom stereocenters. The summed E-state index contributed by atoms with van der Waals surface area (Å²) in [6.07, 6.45) is 0.862. The molecule has 0 bridgehead atoms. The van der Waals surface area contributed by atoms with E-state index in [1.165, 1.54) is 0 Å². The van der Waals surface area contributed by atoms with Crippen molar-refractivity contribution in [3.05, 3.63) is 34.9 Å². The molecule has 0 unspecified atom stereocenters. The minimum absolute atomic E-state index is 0.0412. The SMILES string of the molecule is CC[C@@H]1S[C@H](c2ccccc2Cl)N(CCNC)C1=O. The molecule has 5 heteroatoms. The van der Waals surface area contributed by atoms with Gasteiger partial charge in [0.1, 0.15) is 5.37 Å². The highest BCUT2D eigenvalue weighted by Crippen LogP contribution is 2.45. The molecule has 0 saturated carbocycles. The summed E-state index contributed by atoms with van der Waals surface area (Å²) >= 11 is 7.98. The number of rotatable bonds is 5. The standard InChI is InChI=1S/C14H19ClN2OS/c1-3-12-13(18)17(9-8-16-2)14(19-12)10-6-4-5-7-11(10)15/h4-7,12,14,16H,3,8-9H2,1-2H3/t12-,14+/m0/s1. The molecule has 1 aromatic carbocycles. The highest BCUT2D eigenvalue weighted by molar-refractivity contribution is 8.01. The Labute approximate surface area is 123 Å².